The summed E-state index contributed by atoms with van der Waals surface area (Å²) < 4.78 is 0. The van der Waals surface area contributed by atoms with Gasteiger partial charge in [0.1, 0.15) is 5.75 Å². The molecule has 0 amide bonds. The Hall–Kier alpha value is -1.06. The van der Waals surface area contributed by atoms with Crippen molar-refractivity contribution in [1.82, 2.24) is 5.32 Å². The molecule has 1 aromatic carbocycles. The molecule has 76 valence electrons. The van der Waals surface area contributed by atoms with Crippen LogP contribution in [0.5, 0.6) is 5.75 Å². The van der Waals surface area contributed by atoms with E-state index in [1.807, 2.05) is 12.1 Å². The van der Waals surface area contributed by atoms with Crippen molar-refractivity contribution in [3.63, 3.8) is 0 Å². The molecular weight excluding hydrogens is 176 g/mol. The van der Waals surface area contributed by atoms with Gasteiger partial charge in [0.05, 0.1) is 5.54 Å². The summed E-state index contributed by atoms with van der Waals surface area (Å²) in [6.45, 7) is 1.63. The van der Waals surface area contributed by atoms with Crippen LogP contribution in [0.25, 0.3) is 0 Å². The summed E-state index contributed by atoms with van der Waals surface area (Å²) >= 11 is 0. The molecule has 0 radical (unpaired) electrons. The zero-order chi connectivity index (χ0) is 10.0. The molecule has 1 fully saturated rings. The van der Waals surface area contributed by atoms with E-state index in [0.717, 1.165) is 19.4 Å². The summed E-state index contributed by atoms with van der Waals surface area (Å²) in [6, 6.07) is 7.32. The van der Waals surface area contributed by atoms with Gasteiger partial charge in [-0.3, -0.25) is 0 Å². The van der Waals surface area contributed by atoms with E-state index in [0.29, 0.717) is 12.3 Å². The summed E-state index contributed by atoms with van der Waals surface area (Å²) in [5.41, 5.74) is 6.93. The first-order valence-corrected chi connectivity index (χ1v) is 5.01. The van der Waals surface area contributed by atoms with E-state index in [4.69, 9.17) is 5.73 Å². The Balaban J connectivity index is 2.31. The van der Waals surface area contributed by atoms with Gasteiger partial charge in [-0.25, -0.2) is 0 Å². The number of nitrogens with two attached hydrogens (primary N) is 1. The molecular formula is C11H16N2O. The lowest BCUT2D eigenvalue weighted by atomic mass is 9.88. The van der Waals surface area contributed by atoms with Gasteiger partial charge in [-0.2, -0.15) is 0 Å². The van der Waals surface area contributed by atoms with E-state index >= 15 is 0 Å². The monoisotopic (exact) mass is 192 g/mol. The minimum absolute atomic E-state index is 0.0618. The second-order valence-electron chi connectivity index (χ2n) is 3.86. The molecule has 0 bridgehead atoms. The molecule has 1 unspecified atom stereocenters. The topological polar surface area (TPSA) is 58.3 Å². The number of nitrogens with one attached hydrogen (secondary N) is 1. The Labute approximate surface area is 83.9 Å². The molecule has 0 saturated carbocycles. The van der Waals surface area contributed by atoms with Gasteiger partial charge in [0.15, 0.2) is 0 Å². The Kier molecular flexibility index (Phi) is 2.44. The van der Waals surface area contributed by atoms with Crippen molar-refractivity contribution in [2.45, 2.75) is 18.4 Å². The maximum Gasteiger partial charge on any atom is 0.115 e. The van der Waals surface area contributed by atoms with Crippen LogP contribution in [0.2, 0.25) is 0 Å². The second kappa shape index (κ2) is 3.59. The lowest BCUT2D eigenvalue weighted by Crippen LogP contribution is -2.43. The first-order chi connectivity index (χ1) is 6.77. The highest BCUT2D eigenvalue weighted by Crippen LogP contribution is 2.30. The van der Waals surface area contributed by atoms with Gasteiger partial charge >= 0.3 is 0 Å². The van der Waals surface area contributed by atoms with Gasteiger partial charge in [0.2, 0.25) is 0 Å². The minimum atomic E-state index is -0.0618. The van der Waals surface area contributed by atoms with Gasteiger partial charge in [-0.1, -0.05) is 12.1 Å². The van der Waals surface area contributed by atoms with Crippen molar-refractivity contribution in [3.8, 4) is 5.75 Å². The number of aromatic hydroxyl groups is 1. The molecule has 0 aliphatic carbocycles. The van der Waals surface area contributed by atoms with Gasteiger partial charge in [0.25, 0.3) is 0 Å². The SMILES string of the molecule is NCC1(c2ccc(O)cc2)CCCN1. The molecule has 1 heterocycles. The first-order valence-electron chi connectivity index (χ1n) is 5.01. The fourth-order valence-corrected chi connectivity index (χ4v) is 2.13. The number of hydrogen-bond donors (Lipinski definition) is 3. The largest absolute Gasteiger partial charge is 0.508 e. The van der Waals surface area contributed by atoms with E-state index < -0.39 is 0 Å². The van der Waals surface area contributed by atoms with Crippen LogP contribution in [0.3, 0.4) is 0 Å². The molecule has 1 aromatic rings. The molecule has 3 nitrogen and oxygen atoms in total. The average molecular weight is 192 g/mol. The van der Waals surface area contributed by atoms with Gasteiger partial charge in [-0.15, -0.1) is 0 Å². The van der Waals surface area contributed by atoms with E-state index in [1.54, 1.807) is 12.1 Å². The normalized spacial score (nSPS) is 26.6. The van der Waals surface area contributed by atoms with Crippen LogP contribution in [0, 0.1) is 0 Å². The maximum absolute atomic E-state index is 9.20. The summed E-state index contributed by atoms with van der Waals surface area (Å²) in [6.07, 6.45) is 2.24. The lowest BCUT2D eigenvalue weighted by Gasteiger charge is -2.28. The fraction of sp³-hybridized carbons (Fsp3) is 0.455. The molecule has 2 rings (SSSR count). The summed E-state index contributed by atoms with van der Waals surface area (Å²) in [5, 5.41) is 12.7. The van der Waals surface area contributed by atoms with Crippen LogP contribution in [0.4, 0.5) is 0 Å². The van der Waals surface area contributed by atoms with E-state index in [-0.39, 0.29) is 5.54 Å². The Bertz CT molecular complexity index is 302. The second-order valence-corrected chi connectivity index (χ2v) is 3.86. The fourth-order valence-electron chi connectivity index (χ4n) is 2.13. The molecule has 1 aliphatic rings. The zero-order valence-electron chi connectivity index (χ0n) is 8.16. The Morgan fingerprint density at radius 2 is 2.07 bits per heavy atom. The standard InChI is InChI=1S/C11H16N2O/c12-8-11(6-1-7-13-11)9-2-4-10(14)5-3-9/h2-5,13-14H,1,6-8,12H2. The van der Waals surface area contributed by atoms with E-state index in [9.17, 15) is 5.11 Å². The molecule has 4 N–H and O–H groups in total. The highest BCUT2D eigenvalue weighted by atomic mass is 16.3. The van der Waals surface area contributed by atoms with Crippen molar-refractivity contribution in [3.05, 3.63) is 29.8 Å². The molecule has 3 heteroatoms. The van der Waals surface area contributed by atoms with E-state index in [1.165, 1.54) is 5.56 Å². The highest BCUT2D eigenvalue weighted by molar-refractivity contribution is 5.32. The van der Waals surface area contributed by atoms with Crippen LogP contribution in [0.1, 0.15) is 18.4 Å². The quantitative estimate of drug-likeness (QED) is 0.653. The third kappa shape index (κ3) is 1.49. The average Bonchev–Trinajstić information content (AvgIpc) is 2.68. The van der Waals surface area contributed by atoms with Crippen LogP contribution in [0.15, 0.2) is 24.3 Å². The minimum Gasteiger partial charge on any atom is -0.508 e. The first kappa shape index (κ1) is 9.49. The predicted octanol–water partition coefficient (Wildman–Crippen LogP) is 0.930. The van der Waals surface area contributed by atoms with Crippen LogP contribution in [-0.2, 0) is 5.54 Å². The zero-order valence-corrected chi connectivity index (χ0v) is 8.16. The number of rotatable bonds is 2. The van der Waals surface area contributed by atoms with Gasteiger partial charge in [-0.05, 0) is 37.1 Å². The van der Waals surface area contributed by atoms with Gasteiger partial charge in [0, 0.05) is 6.54 Å². The van der Waals surface area contributed by atoms with Crippen LogP contribution >= 0.6 is 0 Å². The van der Waals surface area contributed by atoms with E-state index in [2.05, 4.69) is 5.32 Å². The van der Waals surface area contributed by atoms with Gasteiger partial charge < -0.3 is 16.2 Å². The Morgan fingerprint density at radius 3 is 2.57 bits per heavy atom. The number of phenols is 1. The maximum atomic E-state index is 9.20. The van der Waals surface area contributed by atoms with Crippen molar-refractivity contribution < 1.29 is 5.11 Å². The molecule has 14 heavy (non-hydrogen) atoms. The van der Waals surface area contributed by atoms with Crippen molar-refractivity contribution >= 4 is 0 Å². The summed E-state index contributed by atoms with van der Waals surface area (Å²) in [4.78, 5) is 0. The van der Waals surface area contributed by atoms with Crippen molar-refractivity contribution in [2.24, 2.45) is 5.73 Å². The summed E-state index contributed by atoms with van der Waals surface area (Å²) in [5.74, 6) is 0.305. The summed E-state index contributed by atoms with van der Waals surface area (Å²) in [7, 11) is 0. The predicted molar refractivity (Wildman–Crippen MR) is 56.1 cm³/mol. The molecule has 1 atom stereocenters. The third-order valence-corrected chi connectivity index (χ3v) is 3.01. The van der Waals surface area contributed by atoms with Crippen molar-refractivity contribution in [2.75, 3.05) is 13.1 Å². The molecule has 0 spiro atoms. The molecule has 1 saturated heterocycles. The lowest BCUT2D eigenvalue weighted by molar-refractivity contribution is 0.400. The molecule has 1 aliphatic heterocycles. The van der Waals surface area contributed by atoms with Crippen LogP contribution in [-0.4, -0.2) is 18.2 Å². The Morgan fingerprint density at radius 1 is 1.36 bits per heavy atom. The third-order valence-electron chi connectivity index (χ3n) is 3.01. The number of benzene rings is 1. The smallest absolute Gasteiger partial charge is 0.115 e. The molecule has 0 aromatic heterocycles. The van der Waals surface area contributed by atoms with Crippen molar-refractivity contribution in [1.29, 1.82) is 0 Å². The highest BCUT2D eigenvalue weighted by Gasteiger charge is 2.33. The van der Waals surface area contributed by atoms with Crippen LogP contribution < -0.4 is 11.1 Å². The number of hydrogen-bond acceptors (Lipinski definition) is 3. The number of phenolic OH excluding ortho intramolecular Hbond substituents is 1.